The van der Waals surface area contributed by atoms with Gasteiger partial charge in [-0.05, 0) is 12.0 Å². The third kappa shape index (κ3) is 3.30. The normalized spacial score (nSPS) is 24.8. The maximum atomic E-state index is 5.85. The largest absolute Gasteiger partial charge is 0.383 e. The highest BCUT2D eigenvalue weighted by Gasteiger charge is 2.24. The lowest BCUT2D eigenvalue weighted by atomic mass is 10.2. The lowest BCUT2D eigenvalue weighted by molar-refractivity contribution is 0.0502. The second-order valence-electron chi connectivity index (χ2n) is 4.21. The summed E-state index contributed by atoms with van der Waals surface area (Å²) in [6.07, 6.45) is 1.36. The van der Waals surface area contributed by atoms with Crippen LogP contribution in [0.1, 0.15) is 12.0 Å². The highest BCUT2D eigenvalue weighted by Crippen LogP contribution is 2.13. The third-order valence-corrected chi connectivity index (χ3v) is 2.88. The monoisotopic (exact) mass is 221 g/mol. The van der Waals surface area contributed by atoms with E-state index in [-0.39, 0.29) is 0 Å². The van der Waals surface area contributed by atoms with E-state index in [1.807, 2.05) is 18.2 Å². The molecule has 3 nitrogen and oxygen atoms in total. The van der Waals surface area contributed by atoms with Gasteiger partial charge in [0, 0.05) is 19.7 Å². The first-order valence-corrected chi connectivity index (χ1v) is 5.76. The Balaban J connectivity index is 1.72. The molecule has 1 N–H and O–H groups in total. The molecule has 88 valence electrons. The van der Waals surface area contributed by atoms with Gasteiger partial charge in [0.05, 0.1) is 19.3 Å². The van der Waals surface area contributed by atoms with Crippen molar-refractivity contribution in [2.24, 2.45) is 0 Å². The smallest absolute Gasteiger partial charge is 0.0721 e. The van der Waals surface area contributed by atoms with E-state index >= 15 is 0 Å². The molecule has 3 heteroatoms. The number of hydrogen-bond donors (Lipinski definition) is 1. The maximum absolute atomic E-state index is 5.85. The molecule has 0 spiro atoms. The van der Waals surface area contributed by atoms with E-state index in [4.69, 9.17) is 9.47 Å². The quantitative estimate of drug-likeness (QED) is 0.819. The molecule has 16 heavy (non-hydrogen) atoms. The Kier molecular flexibility index (Phi) is 4.34. The van der Waals surface area contributed by atoms with Gasteiger partial charge in [-0.25, -0.2) is 0 Å². The summed E-state index contributed by atoms with van der Waals surface area (Å²) in [4.78, 5) is 0. The van der Waals surface area contributed by atoms with E-state index in [0.29, 0.717) is 18.8 Å². The molecular weight excluding hydrogens is 202 g/mol. The summed E-state index contributed by atoms with van der Waals surface area (Å²) in [6.45, 7) is 2.40. The third-order valence-electron chi connectivity index (χ3n) is 2.88. The zero-order valence-corrected chi connectivity index (χ0v) is 9.69. The summed E-state index contributed by atoms with van der Waals surface area (Å²) in [5.74, 6) is 0. The zero-order valence-electron chi connectivity index (χ0n) is 9.69. The van der Waals surface area contributed by atoms with Gasteiger partial charge in [-0.15, -0.1) is 0 Å². The predicted molar refractivity (Wildman–Crippen MR) is 63.3 cm³/mol. The Labute approximate surface area is 96.8 Å². The summed E-state index contributed by atoms with van der Waals surface area (Å²) >= 11 is 0. The van der Waals surface area contributed by atoms with Crippen LogP contribution in [0.25, 0.3) is 0 Å². The molecule has 1 aromatic rings. The van der Waals surface area contributed by atoms with Crippen LogP contribution in [0, 0.1) is 0 Å². The van der Waals surface area contributed by atoms with Gasteiger partial charge in [-0.3, -0.25) is 0 Å². The zero-order chi connectivity index (χ0) is 11.2. The Hall–Kier alpha value is -0.900. The van der Waals surface area contributed by atoms with Gasteiger partial charge >= 0.3 is 0 Å². The first-order valence-electron chi connectivity index (χ1n) is 5.76. The van der Waals surface area contributed by atoms with Crippen LogP contribution in [-0.2, 0) is 16.1 Å². The van der Waals surface area contributed by atoms with E-state index < -0.39 is 0 Å². The molecule has 1 aromatic carbocycles. The van der Waals surface area contributed by atoms with Gasteiger partial charge in [0.1, 0.15) is 0 Å². The number of hydrogen-bond acceptors (Lipinski definition) is 3. The van der Waals surface area contributed by atoms with Crippen LogP contribution in [0.4, 0.5) is 0 Å². The predicted octanol–water partition coefficient (Wildman–Crippen LogP) is 1.58. The average molecular weight is 221 g/mol. The van der Waals surface area contributed by atoms with E-state index in [1.54, 1.807) is 7.11 Å². The van der Waals surface area contributed by atoms with Crippen molar-refractivity contribution in [3.63, 3.8) is 0 Å². The molecule has 1 aliphatic rings. The minimum absolute atomic E-state index is 0.320. The first kappa shape index (κ1) is 11.6. The standard InChI is InChI=1S/C13H19NO2/c1-15-10-12-7-13(8-14-12)16-9-11-5-3-2-4-6-11/h2-6,12-14H,7-10H2,1H3/t12-,13+/m1/s1. The average Bonchev–Trinajstić information content (AvgIpc) is 2.76. The van der Waals surface area contributed by atoms with Crippen molar-refractivity contribution >= 4 is 0 Å². The Bertz CT molecular complexity index is 302. The molecule has 1 aliphatic heterocycles. The Morgan fingerprint density at radius 2 is 2.12 bits per heavy atom. The van der Waals surface area contributed by atoms with Crippen molar-refractivity contribution in [1.82, 2.24) is 5.32 Å². The molecule has 0 aliphatic carbocycles. The van der Waals surface area contributed by atoms with Gasteiger partial charge < -0.3 is 14.8 Å². The molecule has 0 saturated carbocycles. The molecule has 0 unspecified atom stereocenters. The lowest BCUT2D eigenvalue weighted by Gasteiger charge is -2.11. The van der Waals surface area contributed by atoms with Gasteiger partial charge in [-0.1, -0.05) is 30.3 Å². The molecule has 2 atom stereocenters. The van der Waals surface area contributed by atoms with E-state index in [9.17, 15) is 0 Å². The van der Waals surface area contributed by atoms with Gasteiger partial charge in [0.15, 0.2) is 0 Å². The molecule has 2 rings (SSSR count). The van der Waals surface area contributed by atoms with E-state index in [0.717, 1.165) is 19.6 Å². The van der Waals surface area contributed by atoms with Gasteiger partial charge in [0.2, 0.25) is 0 Å². The van der Waals surface area contributed by atoms with Crippen LogP contribution in [0.5, 0.6) is 0 Å². The van der Waals surface area contributed by atoms with Crippen molar-refractivity contribution in [1.29, 1.82) is 0 Å². The fourth-order valence-electron chi connectivity index (χ4n) is 2.03. The Morgan fingerprint density at radius 1 is 1.31 bits per heavy atom. The summed E-state index contributed by atoms with van der Waals surface area (Å²) in [6, 6.07) is 10.7. The number of methoxy groups -OCH3 is 1. The SMILES string of the molecule is COC[C@H]1C[C@H](OCc2ccccc2)CN1. The number of ether oxygens (including phenoxy) is 2. The molecule has 1 fully saturated rings. The number of benzene rings is 1. The van der Waals surface area contributed by atoms with Crippen molar-refractivity contribution in [2.75, 3.05) is 20.3 Å². The van der Waals surface area contributed by atoms with Crippen molar-refractivity contribution in [3.8, 4) is 0 Å². The van der Waals surface area contributed by atoms with Crippen LogP contribution < -0.4 is 5.32 Å². The van der Waals surface area contributed by atoms with Crippen molar-refractivity contribution in [2.45, 2.75) is 25.2 Å². The topological polar surface area (TPSA) is 30.5 Å². The minimum Gasteiger partial charge on any atom is -0.383 e. The first-order chi connectivity index (χ1) is 7.88. The summed E-state index contributed by atoms with van der Waals surface area (Å²) < 4.78 is 11.0. The molecule has 1 heterocycles. The molecule has 0 radical (unpaired) electrons. The van der Waals surface area contributed by atoms with E-state index in [1.165, 1.54) is 5.56 Å². The summed E-state index contributed by atoms with van der Waals surface area (Å²) in [5, 5.41) is 3.39. The van der Waals surface area contributed by atoms with Crippen LogP contribution >= 0.6 is 0 Å². The molecule has 0 bridgehead atoms. The highest BCUT2D eigenvalue weighted by molar-refractivity contribution is 5.13. The molecule has 0 aromatic heterocycles. The second kappa shape index (κ2) is 5.99. The second-order valence-corrected chi connectivity index (χ2v) is 4.21. The van der Waals surface area contributed by atoms with Crippen molar-refractivity contribution < 1.29 is 9.47 Å². The van der Waals surface area contributed by atoms with Crippen molar-refractivity contribution in [3.05, 3.63) is 35.9 Å². The molecular formula is C13H19NO2. The van der Waals surface area contributed by atoms with Crippen LogP contribution in [0.15, 0.2) is 30.3 Å². The Morgan fingerprint density at radius 3 is 2.88 bits per heavy atom. The highest BCUT2D eigenvalue weighted by atomic mass is 16.5. The van der Waals surface area contributed by atoms with Gasteiger partial charge in [0.25, 0.3) is 0 Å². The molecule has 0 amide bonds. The van der Waals surface area contributed by atoms with E-state index in [2.05, 4.69) is 17.4 Å². The fraction of sp³-hybridized carbons (Fsp3) is 0.538. The lowest BCUT2D eigenvalue weighted by Crippen LogP contribution is -2.25. The minimum atomic E-state index is 0.320. The fourth-order valence-corrected chi connectivity index (χ4v) is 2.03. The summed E-state index contributed by atoms with van der Waals surface area (Å²) in [5.41, 5.74) is 1.23. The van der Waals surface area contributed by atoms with Crippen LogP contribution in [0.3, 0.4) is 0 Å². The van der Waals surface area contributed by atoms with Crippen LogP contribution in [-0.4, -0.2) is 32.4 Å². The number of nitrogens with one attached hydrogen (secondary N) is 1. The van der Waals surface area contributed by atoms with Crippen LogP contribution in [0.2, 0.25) is 0 Å². The number of rotatable bonds is 5. The maximum Gasteiger partial charge on any atom is 0.0721 e. The molecule has 1 saturated heterocycles. The summed E-state index contributed by atoms with van der Waals surface area (Å²) in [7, 11) is 1.74. The van der Waals surface area contributed by atoms with Gasteiger partial charge in [-0.2, -0.15) is 0 Å².